The Labute approximate surface area is 61.7 Å². The molecule has 0 fully saturated rings. The molecule has 54 valence electrons. The van der Waals surface area contributed by atoms with E-state index in [1.807, 2.05) is 13.1 Å². The van der Waals surface area contributed by atoms with E-state index in [1.54, 1.807) is 18.5 Å². The van der Waals surface area contributed by atoms with E-state index in [4.69, 9.17) is 0 Å². The van der Waals surface area contributed by atoms with E-state index in [-0.39, 0.29) is 0 Å². The Hall–Kier alpha value is -1.18. The minimum absolute atomic E-state index is 0.961. The van der Waals surface area contributed by atoms with Gasteiger partial charge in [-0.3, -0.25) is 9.98 Å². The van der Waals surface area contributed by atoms with Gasteiger partial charge >= 0.3 is 0 Å². The Balaban J connectivity index is 3.46. The van der Waals surface area contributed by atoms with Crippen molar-refractivity contribution in [1.29, 1.82) is 0 Å². The first-order valence-electron chi connectivity index (χ1n) is 3.22. The fraction of sp³-hybridized carbons (Fsp3) is 0.250. The molecule has 0 aliphatic heterocycles. The van der Waals surface area contributed by atoms with E-state index in [2.05, 4.69) is 16.6 Å². The third-order valence-electron chi connectivity index (χ3n) is 0.738. The van der Waals surface area contributed by atoms with Gasteiger partial charge < -0.3 is 0 Å². The average molecular weight is 136 g/mol. The predicted molar refractivity (Wildman–Crippen MR) is 46.6 cm³/mol. The maximum Gasteiger partial charge on any atom is 0.0282 e. The van der Waals surface area contributed by atoms with Crippen LogP contribution in [0.3, 0.4) is 0 Å². The molecule has 0 rings (SSSR count). The largest absolute Gasteiger partial charge is 0.269 e. The first-order chi connectivity index (χ1) is 4.91. The van der Waals surface area contributed by atoms with E-state index in [0.717, 1.165) is 6.42 Å². The number of allylic oxidation sites excluding steroid dienone is 1. The summed E-state index contributed by atoms with van der Waals surface area (Å²) in [6, 6.07) is 0. The van der Waals surface area contributed by atoms with Gasteiger partial charge in [0.25, 0.3) is 0 Å². The highest BCUT2D eigenvalue weighted by molar-refractivity contribution is 5.72. The average Bonchev–Trinajstić information content (AvgIpc) is 1.97. The van der Waals surface area contributed by atoms with Crippen molar-refractivity contribution < 1.29 is 0 Å². The molecule has 0 N–H and O–H groups in total. The van der Waals surface area contributed by atoms with E-state index >= 15 is 0 Å². The van der Waals surface area contributed by atoms with Gasteiger partial charge in [-0.1, -0.05) is 13.5 Å². The molecule has 0 aromatic heterocycles. The standard InChI is InChI=1S/C8H12N2/c1-3-6-10-8-5-7-9-4-2/h4-8H,2-3H2,1H3/b8-5-,9-7-,10-6+. The topological polar surface area (TPSA) is 24.7 Å². The first-order valence-corrected chi connectivity index (χ1v) is 3.22. The van der Waals surface area contributed by atoms with Gasteiger partial charge in [-0.25, -0.2) is 0 Å². The van der Waals surface area contributed by atoms with Crippen LogP contribution in [0.15, 0.2) is 35.0 Å². The van der Waals surface area contributed by atoms with Crippen molar-refractivity contribution in [1.82, 2.24) is 0 Å². The molecule has 0 unspecified atom stereocenters. The number of hydrogen-bond acceptors (Lipinski definition) is 2. The lowest BCUT2D eigenvalue weighted by molar-refractivity contribution is 1.31. The third kappa shape index (κ3) is 6.82. The highest BCUT2D eigenvalue weighted by Gasteiger charge is 1.62. The van der Waals surface area contributed by atoms with Crippen LogP contribution in [0, 0.1) is 0 Å². The normalized spacial score (nSPS) is 12.1. The van der Waals surface area contributed by atoms with Gasteiger partial charge in [-0.05, 0) is 12.5 Å². The molecule has 2 nitrogen and oxygen atoms in total. The molecule has 0 saturated carbocycles. The Morgan fingerprint density at radius 3 is 2.80 bits per heavy atom. The summed E-state index contributed by atoms with van der Waals surface area (Å²) in [6.45, 7) is 5.46. The molecule has 0 aliphatic rings. The molecule has 0 aliphatic carbocycles. The first kappa shape index (κ1) is 8.82. The molecule has 0 amide bonds. The lowest BCUT2D eigenvalue weighted by Gasteiger charge is -1.73. The smallest absolute Gasteiger partial charge is 0.0282 e. The SMILES string of the molecule is C=C\N=C/C=C\N=C\CC. The molecule has 0 radical (unpaired) electrons. The van der Waals surface area contributed by atoms with Crippen molar-refractivity contribution in [3.8, 4) is 0 Å². The molecule has 0 spiro atoms. The summed E-state index contributed by atoms with van der Waals surface area (Å²) >= 11 is 0. The van der Waals surface area contributed by atoms with E-state index in [9.17, 15) is 0 Å². The number of nitrogens with zero attached hydrogens (tertiary/aromatic N) is 2. The summed E-state index contributed by atoms with van der Waals surface area (Å²) in [5.74, 6) is 0. The predicted octanol–water partition coefficient (Wildman–Crippen LogP) is 2.20. The van der Waals surface area contributed by atoms with Gasteiger partial charge in [0, 0.05) is 24.8 Å². The molecule has 0 aromatic carbocycles. The van der Waals surface area contributed by atoms with Crippen LogP contribution >= 0.6 is 0 Å². The second kappa shape index (κ2) is 7.82. The molecule has 0 heterocycles. The zero-order valence-corrected chi connectivity index (χ0v) is 6.20. The van der Waals surface area contributed by atoms with E-state index in [0.29, 0.717) is 0 Å². The molecule has 2 heteroatoms. The van der Waals surface area contributed by atoms with Gasteiger partial charge in [-0.2, -0.15) is 0 Å². The van der Waals surface area contributed by atoms with Crippen LogP contribution in [0.25, 0.3) is 0 Å². The van der Waals surface area contributed by atoms with Crippen LogP contribution < -0.4 is 0 Å². The van der Waals surface area contributed by atoms with E-state index in [1.165, 1.54) is 6.20 Å². The fourth-order valence-corrected chi connectivity index (χ4v) is 0.365. The Kier molecular flexibility index (Phi) is 6.90. The number of hydrogen-bond donors (Lipinski definition) is 0. The van der Waals surface area contributed by atoms with Crippen molar-refractivity contribution in [2.24, 2.45) is 9.98 Å². The minimum Gasteiger partial charge on any atom is -0.269 e. The van der Waals surface area contributed by atoms with Crippen LogP contribution in [-0.2, 0) is 0 Å². The van der Waals surface area contributed by atoms with Crippen molar-refractivity contribution >= 4 is 12.4 Å². The third-order valence-corrected chi connectivity index (χ3v) is 0.738. The second-order valence-electron chi connectivity index (χ2n) is 1.56. The minimum atomic E-state index is 0.961. The van der Waals surface area contributed by atoms with Crippen molar-refractivity contribution in [3.63, 3.8) is 0 Å². The second-order valence-corrected chi connectivity index (χ2v) is 1.56. The molecule has 10 heavy (non-hydrogen) atoms. The van der Waals surface area contributed by atoms with Gasteiger partial charge in [0.2, 0.25) is 0 Å². The lowest BCUT2D eigenvalue weighted by atomic mass is 10.5. The van der Waals surface area contributed by atoms with Crippen LogP contribution in [0.1, 0.15) is 13.3 Å². The van der Waals surface area contributed by atoms with Crippen LogP contribution in [0.2, 0.25) is 0 Å². The molecular weight excluding hydrogens is 124 g/mol. The zero-order valence-electron chi connectivity index (χ0n) is 6.20. The summed E-state index contributed by atoms with van der Waals surface area (Å²) in [4.78, 5) is 7.68. The summed E-state index contributed by atoms with van der Waals surface area (Å²) in [5, 5.41) is 0. The van der Waals surface area contributed by atoms with Crippen LogP contribution in [-0.4, -0.2) is 12.4 Å². The molecule has 0 aromatic rings. The number of rotatable bonds is 4. The van der Waals surface area contributed by atoms with Crippen LogP contribution in [0.5, 0.6) is 0 Å². The summed E-state index contributed by atoms with van der Waals surface area (Å²) in [6.07, 6.45) is 9.36. The maximum absolute atomic E-state index is 3.93. The van der Waals surface area contributed by atoms with Gasteiger partial charge in [0.05, 0.1) is 0 Å². The summed E-state index contributed by atoms with van der Waals surface area (Å²) < 4.78 is 0. The Morgan fingerprint density at radius 2 is 2.20 bits per heavy atom. The highest BCUT2D eigenvalue weighted by atomic mass is 14.7. The summed E-state index contributed by atoms with van der Waals surface area (Å²) in [5.41, 5.74) is 0. The van der Waals surface area contributed by atoms with E-state index < -0.39 is 0 Å². The molecule has 0 bridgehead atoms. The zero-order chi connectivity index (χ0) is 7.66. The molecular formula is C8H12N2. The van der Waals surface area contributed by atoms with Crippen molar-refractivity contribution in [2.45, 2.75) is 13.3 Å². The van der Waals surface area contributed by atoms with Gasteiger partial charge in [0.1, 0.15) is 0 Å². The maximum atomic E-state index is 3.93. The highest BCUT2D eigenvalue weighted by Crippen LogP contribution is 1.74. The fourth-order valence-electron chi connectivity index (χ4n) is 0.365. The quantitative estimate of drug-likeness (QED) is 0.529. The van der Waals surface area contributed by atoms with Crippen LogP contribution in [0.4, 0.5) is 0 Å². The Bertz CT molecular complexity index is 155. The number of aliphatic imine (C=N–C) groups is 2. The molecule has 0 atom stereocenters. The van der Waals surface area contributed by atoms with Crippen molar-refractivity contribution in [3.05, 3.63) is 25.1 Å². The Morgan fingerprint density at radius 1 is 1.40 bits per heavy atom. The van der Waals surface area contributed by atoms with Gasteiger partial charge in [-0.15, -0.1) is 0 Å². The lowest BCUT2D eigenvalue weighted by Crippen LogP contribution is -1.64. The molecule has 0 saturated heterocycles. The monoisotopic (exact) mass is 136 g/mol. The van der Waals surface area contributed by atoms with Crippen molar-refractivity contribution in [2.75, 3.05) is 0 Å². The van der Waals surface area contributed by atoms with Gasteiger partial charge in [0.15, 0.2) is 0 Å². The summed E-state index contributed by atoms with van der Waals surface area (Å²) in [7, 11) is 0.